The lowest BCUT2D eigenvalue weighted by Crippen LogP contribution is -2.29. The molecule has 8 aromatic heterocycles. The van der Waals surface area contributed by atoms with Gasteiger partial charge in [-0.3, -0.25) is 34.1 Å². The molecule has 0 bridgehead atoms. The number of nitrogens with two attached hydrogens (primary N) is 3. The molecular weight excluding hydrogens is 944 g/mol. The predicted octanol–water partition coefficient (Wildman–Crippen LogP) is 8.34. The lowest BCUT2D eigenvalue weighted by molar-refractivity contribution is 0.0691. The summed E-state index contributed by atoms with van der Waals surface area (Å²) in [6.07, 6.45) is 10.3. The van der Waals surface area contributed by atoms with Crippen LogP contribution in [0.5, 0.6) is 0 Å². The molecule has 0 spiro atoms. The van der Waals surface area contributed by atoms with Gasteiger partial charge >= 0.3 is 5.97 Å². The van der Waals surface area contributed by atoms with Crippen molar-refractivity contribution in [3.63, 3.8) is 0 Å². The lowest BCUT2D eigenvalue weighted by atomic mass is 10.0. The van der Waals surface area contributed by atoms with Crippen LogP contribution in [0.4, 0.5) is 11.6 Å². The molecule has 2 atom stereocenters. The molecule has 10 rings (SSSR count). The van der Waals surface area contributed by atoms with Crippen molar-refractivity contribution in [1.82, 2.24) is 64.7 Å². The quantitative estimate of drug-likeness (QED) is 0.0908. The van der Waals surface area contributed by atoms with E-state index in [1.165, 1.54) is 0 Å². The predicted molar refractivity (Wildman–Crippen MR) is 273 cm³/mol. The van der Waals surface area contributed by atoms with Crippen molar-refractivity contribution in [2.75, 3.05) is 11.5 Å². The van der Waals surface area contributed by atoms with Gasteiger partial charge in [0.15, 0.2) is 23.0 Å². The van der Waals surface area contributed by atoms with Crippen LogP contribution in [-0.4, -0.2) is 76.4 Å². The van der Waals surface area contributed by atoms with E-state index in [1.807, 2.05) is 80.6 Å². The van der Waals surface area contributed by atoms with E-state index in [4.69, 9.17) is 40.4 Å². The van der Waals surface area contributed by atoms with Crippen LogP contribution in [0, 0.1) is 0 Å². The first-order valence-electron chi connectivity index (χ1n) is 21.7. The van der Waals surface area contributed by atoms with Gasteiger partial charge in [0.25, 0.3) is 5.91 Å². The highest BCUT2D eigenvalue weighted by Gasteiger charge is 2.24. The number of carbonyl (C=O) groups is 2. The molecule has 8 N–H and O–H groups in total. The number of nitrogens with one attached hydrogen (secondary N) is 1. The minimum Gasteiger partial charge on any atom is -0.476 e. The second-order valence-electron chi connectivity index (χ2n) is 15.9. The van der Waals surface area contributed by atoms with Gasteiger partial charge in [0.05, 0.1) is 49.9 Å². The van der Waals surface area contributed by atoms with Crippen molar-refractivity contribution in [3.8, 4) is 45.3 Å². The Hall–Kier alpha value is -8.78. The van der Waals surface area contributed by atoms with Gasteiger partial charge in [0, 0.05) is 79.2 Å². The number of aromatic nitrogens is 12. The number of carbonyl (C=O) groups excluding carboxylic acids is 1. The third kappa shape index (κ3) is 11.1. The van der Waals surface area contributed by atoms with Crippen LogP contribution in [0.3, 0.4) is 0 Å². The van der Waals surface area contributed by atoms with Crippen molar-refractivity contribution in [3.05, 3.63) is 167 Å². The molecular formula is C50H44Cl2N16O3. The zero-order valence-electron chi connectivity index (χ0n) is 38.5. The Labute approximate surface area is 415 Å². The summed E-state index contributed by atoms with van der Waals surface area (Å²) in [6, 6.07) is 29.0. The number of carboxylic acids is 1. The number of pyridine rings is 4. The van der Waals surface area contributed by atoms with Gasteiger partial charge in [-0.15, -0.1) is 0 Å². The van der Waals surface area contributed by atoms with Crippen molar-refractivity contribution >= 4 is 68.5 Å². The van der Waals surface area contributed by atoms with E-state index in [2.05, 4.69) is 55.4 Å². The molecule has 0 unspecified atom stereocenters. The molecule has 0 radical (unpaired) electrons. The standard InChI is InChI=1S/C25H21ClN8O.C18H13ClN6O2.C7H10N2/c1-14(18-7-3-4-9-28-18)30-25(35)23-24(27)32-22(19-8-11-34(2)33-19)21(31-23)16-12-15-6-5-10-29-20(15)17(26)13-16;1-25-6-4-12(24-25)15-14(22-16(18(26)27)17(20)23-15)10-7-9-3-2-5-21-13(9)11(19)8-10;1-6(8)7-4-2-3-5-9-7/h3-14H,1-2H3,(H2,27,32)(H,30,35);2-8H,1H3,(H2,20,23)(H,26,27);2-6H,8H2,1H3/t14-;;6-/m1.0/s1. The molecule has 10 aromatic rings. The summed E-state index contributed by atoms with van der Waals surface area (Å²) in [7, 11) is 3.57. The molecule has 1 amide bonds. The zero-order chi connectivity index (χ0) is 50.3. The minimum atomic E-state index is -1.26. The summed E-state index contributed by atoms with van der Waals surface area (Å²) in [4.78, 5) is 59.4. The third-order valence-electron chi connectivity index (χ3n) is 10.7. The molecule has 0 saturated carbocycles. The Bertz CT molecular complexity index is 3550. The number of anilines is 2. The van der Waals surface area contributed by atoms with Crippen molar-refractivity contribution < 1.29 is 14.7 Å². The summed E-state index contributed by atoms with van der Waals surface area (Å²) >= 11 is 12.9. The number of rotatable bonds is 9. The molecule has 0 aliphatic rings. The first-order valence-corrected chi connectivity index (χ1v) is 22.5. The zero-order valence-corrected chi connectivity index (χ0v) is 40.0. The number of nitrogens with zero attached hydrogens (tertiary/aromatic N) is 12. The molecule has 8 heterocycles. The highest BCUT2D eigenvalue weighted by atomic mass is 35.5. The number of carboxylic acid groups (broad SMARTS) is 1. The summed E-state index contributed by atoms with van der Waals surface area (Å²) in [5, 5.41) is 23.6. The molecule has 0 aliphatic carbocycles. The van der Waals surface area contributed by atoms with Gasteiger partial charge in [-0.05, 0) is 86.6 Å². The highest BCUT2D eigenvalue weighted by Crippen LogP contribution is 2.36. The first-order chi connectivity index (χ1) is 34.1. The fourth-order valence-corrected chi connectivity index (χ4v) is 7.80. The van der Waals surface area contributed by atoms with Crippen molar-refractivity contribution in [1.29, 1.82) is 0 Å². The Morgan fingerprint density at radius 2 is 1.06 bits per heavy atom. The molecule has 2 aromatic carbocycles. The molecule has 0 aliphatic heterocycles. The second-order valence-corrected chi connectivity index (χ2v) is 16.7. The lowest BCUT2D eigenvalue weighted by Gasteiger charge is -2.16. The minimum absolute atomic E-state index is 0.00451. The maximum Gasteiger partial charge on any atom is 0.358 e. The van der Waals surface area contributed by atoms with E-state index in [-0.39, 0.29) is 35.1 Å². The molecule has 0 fully saturated rings. The van der Waals surface area contributed by atoms with Crippen LogP contribution in [0.2, 0.25) is 10.0 Å². The topological polar surface area (TPSA) is 283 Å². The van der Waals surface area contributed by atoms with Gasteiger partial charge < -0.3 is 27.6 Å². The van der Waals surface area contributed by atoms with E-state index in [0.717, 1.165) is 16.5 Å². The first kappa shape index (κ1) is 48.7. The van der Waals surface area contributed by atoms with Crippen LogP contribution < -0.4 is 22.5 Å². The smallest absolute Gasteiger partial charge is 0.358 e. The van der Waals surface area contributed by atoms with Crippen molar-refractivity contribution in [2.24, 2.45) is 19.8 Å². The van der Waals surface area contributed by atoms with Crippen LogP contribution >= 0.6 is 23.2 Å². The van der Waals surface area contributed by atoms with Crippen LogP contribution in [-0.2, 0) is 14.1 Å². The Balaban J connectivity index is 0.000000166. The SMILES string of the molecule is C[C@@H](NC(=O)c1nc(-c2cc(Cl)c3ncccc3c2)c(-c2ccn(C)n2)nc1N)c1ccccn1.C[C@H](N)c1ccccn1.Cn1ccc(-c2nc(N)c(C(=O)O)nc2-c2cc(Cl)c3ncccc3c2)n1. The largest absolute Gasteiger partial charge is 0.476 e. The molecule has 71 heavy (non-hydrogen) atoms. The molecule has 0 saturated heterocycles. The van der Waals surface area contributed by atoms with Crippen molar-refractivity contribution in [2.45, 2.75) is 25.9 Å². The van der Waals surface area contributed by atoms with Crippen LogP contribution in [0.25, 0.3) is 67.1 Å². The van der Waals surface area contributed by atoms with Gasteiger partial charge in [-0.2, -0.15) is 10.2 Å². The van der Waals surface area contributed by atoms with E-state index in [0.29, 0.717) is 72.1 Å². The highest BCUT2D eigenvalue weighted by molar-refractivity contribution is 6.36. The van der Waals surface area contributed by atoms with E-state index >= 15 is 0 Å². The number of fused-ring (bicyclic) bond motifs is 2. The molecule has 21 heteroatoms. The Morgan fingerprint density at radius 1 is 0.592 bits per heavy atom. The van der Waals surface area contributed by atoms with Gasteiger partial charge in [-0.1, -0.05) is 47.5 Å². The van der Waals surface area contributed by atoms with Gasteiger partial charge in [0.2, 0.25) is 0 Å². The normalized spacial score (nSPS) is 11.8. The number of aromatic carboxylic acids is 1. The van der Waals surface area contributed by atoms with Crippen LogP contribution in [0.15, 0.2) is 134 Å². The fourth-order valence-electron chi connectivity index (χ4n) is 7.25. The van der Waals surface area contributed by atoms with Gasteiger partial charge in [0.1, 0.15) is 22.8 Å². The number of nitrogen functional groups attached to an aromatic ring is 2. The maximum atomic E-state index is 13.2. The molecule has 19 nitrogen and oxygen atoms in total. The number of hydrogen-bond donors (Lipinski definition) is 5. The van der Waals surface area contributed by atoms with E-state index < -0.39 is 11.9 Å². The second kappa shape index (κ2) is 21.2. The average Bonchev–Trinajstić information content (AvgIpc) is 4.02. The number of benzene rings is 2. The van der Waals surface area contributed by atoms with Gasteiger partial charge in [-0.25, -0.2) is 24.7 Å². The summed E-state index contributed by atoms with van der Waals surface area (Å²) < 4.78 is 3.27. The van der Waals surface area contributed by atoms with Crippen LogP contribution in [0.1, 0.15) is 58.3 Å². The Morgan fingerprint density at radius 3 is 1.48 bits per heavy atom. The fraction of sp³-hybridized carbons (Fsp3) is 0.120. The summed E-state index contributed by atoms with van der Waals surface area (Å²) in [6.45, 7) is 3.76. The monoisotopic (exact) mass is 986 g/mol. The maximum absolute atomic E-state index is 13.2. The van der Waals surface area contributed by atoms with E-state index in [1.54, 1.807) is 91.0 Å². The number of halogens is 2. The summed E-state index contributed by atoms with van der Waals surface area (Å²) in [5.74, 6) is -1.91. The number of hydrogen-bond acceptors (Lipinski definition) is 15. The number of aryl methyl sites for hydroxylation is 2. The number of amides is 1. The molecule has 356 valence electrons. The third-order valence-corrected chi connectivity index (χ3v) is 11.2. The summed E-state index contributed by atoms with van der Waals surface area (Å²) in [5.41, 5.74) is 24.1. The average molecular weight is 988 g/mol. The van der Waals surface area contributed by atoms with E-state index in [9.17, 15) is 14.7 Å². The Kier molecular flexibility index (Phi) is 14.6.